The Balaban J connectivity index is 1.61. The summed E-state index contributed by atoms with van der Waals surface area (Å²) in [6.07, 6.45) is 5.50. The highest BCUT2D eigenvalue weighted by molar-refractivity contribution is 5.27. The van der Waals surface area contributed by atoms with Crippen LogP contribution in [0.25, 0.3) is 0 Å². The Morgan fingerprint density at radius 3 is 2.76 bits per heavy atom. The van der Waals surface area contributed by atoms with E-state index in [2.05, 4.69) is 51.6 Å². The van der Waals surface area contributed by atoms with Crippen molar-refractivity contribution in [1.82, 2.24) is 15.2 Å². The molecule has 0 bridgehead atoms. The molecule has 1 aliphatic heterocycles. The van der Waals surface area contributed by atoms with Crippen molar-refractivity contribution in [3.8, 4) is 5.75 Å². The van der Waals surface area contributed by atoms with Crippen LogP contribution in [0.3, 0.4) is 0 Å². The van der Waals surface area contributed by atoms with Gasteiger partial charge in [-0.25, -0.2) is 0 Å². The maximum absolute atomic E-state index is 5.27. The van der Waals surface area contributed by atoms with Gasteiger partial charge in [-0.3, -0.25) is 9.88 Å². The smallest absolute Gasteiger partial charge is 0.118 e. The lowest BCUT2D eigenvalue weighted by Crippen LogP contribution is -2.38. The number of piperidine rings is 1. The molecule has 1 N–H and O–H groups in total. The molecule has 0 radical (unpaired) electrons. The number of aromatic nitrogens is 1. The number of hydrogen-bond donors (Lipinski definition) is 1. The zero-order valence-electron chi connectivity index (χ0n) is 15.2. The zero-order chi connectivity index (χ0) is 17.3. The van der Waals surface area contributed by atoms with Gasteiger partial charge in [-0.1, -0.05) is 18.2 Å². The summed E-state index contributed by atoms with van der Waals surface area (Å²) in [7, 11) is 1.71. The van der Waals surface area contributed by atoms with Gasteiger partial charge in [0.2, 0.25) is 0 Å². The first-order valence-corrected chi connectivity index (χ1v) is 9.29. The van der Waals surface area contributed by atoms with Gasteiger partial charge in [0.05, 0.1) is 7.11 Å². The van der Waals surface area contributed by atoms with Gasteiger partial charge in [-0.15, -0.1) is 0 Å². The third-order valence-corrected chi connectivity index (χ3v) is 4.89. The lowest BCUT2D eigenvalue weighted by Gasteiger charge is -2.30. The number of ether oxygens (including phenoxy) is 1. The average molecular weight is 339 g/mol. The van der Waals surface area contributed by atoms with E-state index < -0.39 is 0 Å². The first-order chi connectivity index (χ1) is 12.3. The van der Waals surface area contributed by atoms with E-state index in [9.17, 15) is 0 Å². The fourth-order valence-corrected chi connectivity index (χ4v) is 3.49. The summed E-state index contributed by atoms with van der Waals surface area (Å²) < 4.78 is 5.27. The van der Waals surface area contributed by atoms with E-state index in [1.165, 1.54) is 30.6 Å². The van der Waals surface area contributed by atoms with Crippen molar-refractivity contribution in [2.45, 2.75) is 25.8 Å². The number of pyridine rings is 1. The molecule has 4 heteroatoms. The monoisotopic (exact) mass is 339 g/mol. The Morgan fingerprint density at radius 1 is 1.20 bits per heavy atom. The molecule has 4 nitrogen and oxygen atoms in total. The average Bonchev–Trinajstić information content (AvgIpc) is 2.68. The zero-order valence-corrected chi connectivity index (χ0v) is 15.2. The molecule has 1 unspecified atom stereocenters. The van der Waals surface area contributed by atoms with Crippen molar-refractivity contribution >= 4 is 0 Å². The lowest BCUT2D eigenvalue weighted by molar-refractivity contribution is 0.202. The molecule has 3 rings (SSSR count). The molecule has 0 amide bonds. The van der Waals surface area contributed by atoms with Crippen LogP contribution in [0, 0.1) is 5.92 Å². The predicted molar refractivity (Wildman–Crippen MR) is 102 cm³/mol. The third kappa shape index (κ3) is 5.83. The number of nitrogens with one attached hydrogen (secondary N) is 1. The van der Waals surface area contributed by atoms with Gasteiger partial charge in [-0.2, -0.15) is 0 Å². The van der Waals surface area contributed by atoms with E-state index in [1.54, 1.807) is 7.11 Å². The second-order valence-corrected chi connectivity index (χ2v) is 6.87. The molecule has 1 atom stereocenters. The normalized spacial score (nSPS) is 17.6. The molecule has 1 saturated heterocycles. The fourth-order valence-electron chi connectivity index (χ4n) is 3.49. The van der Waals surface area contributed by atoms with Crippen LogP contribution in [-0.2, 0) is 13.0 Å². The van der Waals surface area contributed by atoms with E-state index >= 15 is 0 Å². The Morgan fingerprint density at radius 2 is 2.08 bits per heavy atom. The van der Waals surface area contributed by atoms with Crippen LogP contribution >= 0.6 is 0 Å². The molecule has 25 heavy (non-hydrogen) atoms. The number of methoxy groups -OCH3 is 1. The summed E-state index contributed by atoms with van der Waals surface area (Å²) in [4.78, 5) is 7.05. The summed E-state index contributed by atoms with van der Waals surface area (Å²) in [5, 5.41) is 3.54. The van der Waals surface area contributed by atoms with Crippen molar-refractivity contribution in [2.24, 2.45) is 5.92 Å². The molecule has 0 aliphatic carbocycles. The van der Waals surface area contributed by atoms with Gasteiger partial charge in [0, 0.05) is 37.9 Å². The molecular weight excluding hydrogens is 310 g/mol. The second kappa shape index (κ2) is 9.54. The quantitative estimate of drug-likeness (QED) is 0.802. The molecule has 1 aromatic heterocycles. The van der Waals surface area contributed by atoms with Gasteiger partial charge in [0.1, 0.15) is 5.75 Å². The molecule has 0 saturated carbocycles. The standard InChI is InChI=1S/C21H29N3O/c1-25-21-9-7-18(8-10-21)16-24(17-19-5-4-12-22-15-19)14-11-20-6-2-3-13-23-20/h2-3,6-10,13,19,22H,4-5,11-12,14-17H2,1H3. The minimum absolute atomic E-state index is 0.746. The first-order valence-electron chi connectivity index (χ1n) is 9.29. The summed E-state index contributed by atoms with van der Waals surface area (Å²) in [6, 6.07) is 14.6. The van der Waals surface area contributed by atoms with Crippen molar-refractivity contribution in [1.29, 1.82) is 0 Å². The number of benzene rings is 1. The van der Waals surface area contributed by atoms with Crippen molar-refractivity contribution in [3.05, 3.63) is 59.9 Å². The maximum atomic E-state index is 5.27. The largest absolute Gasteiger partial charge is 0.497 e. The van der Waals surface area contributed by atoms with Crippen LogP contribution in [0.5, 0.6) is 5.75 Å². The van der Waals surface area contributed by atoms with E-state index in [4.69, 9.17) is 4.74 Å². The summed E-state index contributed by atoms with van der Waals surface area (Å²) in [5.41, 5.74) is 2.51. The summed E-state index contributed by atoms with van der Waals surface area (Å²) >= 11 is 0. The van der Waals surface area contributed by atoms with Crippen LogP contribution in [0.1, 0.15) is 24.1 Å². The second-order valence-electron chi connectivity index (χ2n) is 6.87. The summed E-state index contributed by atoms with van der Waals surface area (Å²) in [6.45, 7) is 5.48. The SMILES string of the molecule is COc1ccc(CN(CCc2ccccn2)CC2CCCNC2)cc1. The van der Waals surface area contributed by atoms with E-state index in [0.29, 0.717) is 0 Å². The maximum Gasteiger partial charge on any atom is 0.118 e. The first kappa shape index (κ1) is 17.9. The van der Waals surface area contributed by atoms with Crippen molar-refractivity contribution in [3.63, 3.8) is 0 Å². The van der Waals surface area contributed by atoms with Gasteiger partial charge in [0.25, 0.3) is 0 Å². The van der Waals surface area contributed by atoms with E-state index in [1.807, 2.05) is 12.3 Å². The molecule has 1 aliphatic rings. The molecule has 1 fully saturated rings. The molecule has 2 aromatic rings. The Hall–Kier alpha value is -1.91. The highest BCUT2D eigenvalue weighted by Crippen LogP contribution is 2.17. The van der Waals surface area contributed by atoms with Crippen LogP contribution in [-0.4, -0.2) is 43.2 Å². The number of hydrogen-bond acceptors (Lipinski definition) is 4. The van der Waals surface area contributed by atoms with Crippen LogP contribution < -0.4 is 10.1 Å². The minimum Gasteiger partial charge on any atom is -0.497 e. The van der Waals surface area contributed by atoms with Gasteiger partial charge in [-0.05, 0) is 61.7 Å². The molecule has 2 heterocycles. The highest BCUT2D eigenvalue weighted by atomic mass is 16.5. The predicted octanol–water partition coefficient (Wildman–Crippen LogP) is 3.13. The topological polar surface area (TPSA) is 37.4 Å². The van der Waals surface area contributed by atoms with E-state index in [0.717, 1.165) is 44.3 Å². The van der Waals surface area contributed by atoms with Crippen molar-refractivity contribution in [2.75, 3.05) is 33.3 Å². The molecule has 0 spiro atoms. The van der Waals surface area contributed by atoms with Crippen LogP contribution in [0.2, 0.25) is 0 Å². The minimum atomic E-state index is 0.746. The van der Waals surface area contributed by atoms with Crippen LogP contribution in [0.15, 0.2) is 48.7 Å². The number of nitrogens with zero attached hydrogens (tertiary/aromatic N) is 2. The number of rotatable bonds is 8. The third-order valence-electron chi connectivity index (χ3n) is 4.89. The van der Waals surface area contributed by atoms with Crippen molar-refractivity contribution < 1.29 is 4.74 Å². The molecule has 1 aromatic carbocycles. The summed E-state index contributed by atoms with van der Waals surface area (Å²) in [5.74, 6) is 1.66. The molecular formula is C21H29N3O. The Bertz CT molecular complexity index is 609. The van der Waals surface area contributed by atoms with Crippen LogP contribution in [0.4, 0.5) is 0 Å². The van der Waals surface area contributed by atoms with Gasteiger partial charge >= 0.3 is 0 Å². The fraction of sp³-hybridized carbons (Fsp3) is 0.476. The molecule has 134 valence electrons. The van der Waals surface area contributed by atoms with Gasteiger partial charge in [0.15, 0.2) is 0 Å². The Kier molecular flexibility index (Phi) is 6.83. The highest BCUT2D eigenvalue weighted by Gasteiger charge is 2.17. The lowest BCUT2D eigenvalue weighted by atomic mass is 9.98. The van der Waals surface area contributed by atoms with Gasteiger partial charge < -0.3 is 10.1 Å². The Labute approximate surface area is 151 Å². The van der Waals surface area contributed by atoms with E-state index in [-0.39, 0.29) is 0 Å².